The van der Waals surface area contributed by atoms with Crippen LogP contribution in [0.25, 0.3) is 0 Å². The zero-order valence-corrected chi connectivity index (χ0v) is 18.9. The van der Waals surface area contributed by atoms with Crippen molar-refractivity contribution in [1.29, 1.82) is 0 Å². The molecule has 1 aliphatic rings. The Morgan fingerprint density at radius 1 is 1.23 bits per heavy atom. The molecular formula is C23H33N5O3. The third-order valence-corrected chi connectivity index (χ3v) is 6.10. The third-order valence-electron chi connectivity index (χ3n) is 6.10. The normalized spacial score (nSPS) is 15.5. The molecule has 0 saturated heterocycles. The minimum absolute atomic E-state index is 0.0792. The summed E-state index contributed by atoms with van der Waals surface area (Å²) in [6, 6.07) is 3.17. The van der Waals surface area contributed by atoms with Crippen molar-refractivity contribution in [1.82, 2.24) is 25.0 Å². The van der Waals surface area contributed by atoms with E-state index in [4.69, 9.17) is 0 Å². The highest BCUT2D eigenvalue weighted by Gasteiger charge is 2.20. The Morgan fingerprint density at radius 3 is 2.58 bits per heavy atom. The molecule has 1 atom stereocenters. The monoisotopic (exact) mass is 427 g/mol. The molecule has 2 heterocycles. The first-order valence-corrected chi connectivity index (χ1v) is 11.0. The summed E-state index contributed by atoms with van der Waals surface area (Å²) in [5, 5.41) is 10.3. The van der Waals surface area contributed by atoms with E-state index in [1.807, 2.05) is 32.5 Å². The average molecular weight is 428 g/mol. The SMILES string of the molecule is Cc1nn(C)c(C)c1CC(C)NC(=O)Cn1cccc(C(=O)NC2CCCCC2)c1=O. The minimum Gasteiger partial charge on any atom is -0.352 e. The molecule has 0 aliphatic heterocycles. The van der Waals surface area contributed by atoms with Crippen molar-refractivity contribution in [2.45, 2.75) is 77.9 Å². The van der Waals surface area contributed by atoms with Gasteiger partial charge in [-0.1, -0.05) is 19.3 Å². The van der Waals surface area contributed by atoms with E-state index in [-0.39, 0.29) is 36.0 Å². The molecule has 2 N–H and O–H groups in total. The third kappa shape index (κ3) is 5.62. The molecule has 8 nitrogen and oxygen atoms in total. The summed E-state index contributed by atoms with van der Waals surface area (Å²) < 4.78 is 3.13. The van der Waals surface area contributed by atoms with Gasteiger partial charge in [0.25, 0.3) is 11.5 Å². The lowest BCUT2D eigenvalue weighted by molar-refractivity contribution is -0.122. The zero-order chi connectivity index (χ0) is 22.5. The number of nitrogens with one attached hydrogen (secondary N) is 2. The molecule has 1 saturated carbocycles. The molecule has 2 amide bonds. The van der Waals surface area contributed by atoms with Crippen molar-refractivity contribution >= 4 is 11.8 Å². The van der Waals surface area contributed by atoms with Gasteiger partial charge in [-0.15, -0.1) is 0 Å². The Labute approximate surface area is 183 Å². The first-order chi connectivity index (χ1) is 14.8. The summed E-state index contributed by atoms with van der Waals surface area (Å²) in [6.07, 6.45) is 7.49. The number of hydrogen-bond acceptors (Lipinski definition) is 4. The van der Waals surface area contributed by atoms with Crippen LogP contribution in [-0.2, 0) is 24.8 Å². The van der Waals surface area contributed by atoms with Crippen LogP contribution in [0.4, 0.5) is 0 Å². The topological polar surface area (TPSA) is 98.0 Å². The maximum atomic E-state index is 12.8. The molecule has 2 aromatic rings. The molecule has 2 aromatic heterocycles. The van der Waals surface area contributed by atoms with Gasteiger partial charge in [0.1, 0.15) is 12.1 Å². The Balaban J connectivity index is 1.61. The average Bonchev–Trinajstić information content (AvgIpc) is 2.96. The fraction of sp³-hybridized carbons (Fsp3) is 0.565. The van der Waals surface area contributed by atoms with Crippen molar-refractivity contribution in [3.05, 3.63) is 51.2 Å². The molecule has 1 fully saturated rings. The number of carbonyl (C=O) groups excluding carboxylic acids is 2. The van der Waals surface area contributed by atoms with E-state index in [2.05, 4.69) is 15.7 Å². The standard InChI is InChI=1S/C23H33N5O3/c1-15(13-20-16(2)26-27(4)17(20)3)24-21(29)14-28-12-8-11-19(23(28)31)22(30)25-18-9-6-5-7-10-18/h8,11-12,15,18H,5-7,9-10,13-14H2,1-4H3,(H,24,29)(H,25,30). The Morgan fingerprint density at radius 2 is 1.94 bits per heavy atom. The highest BCUT2D eigenvalue weighted by atomic mass is 16.2. The number of amides is 2. The number of nitrogens with zero attached hydrogens (tertiary/aromatic N) is 3. The van der Waals surface area contributed by atoms with Crippen molar-refractivity contribution in [2.24, 2.45) is 7.05 Å². The van der Waals surface area contributed by atoms with Crippen LogP contribution in [0.2, 0.25) is 0 Å². The van der Waals surface area contributed by atoms with Crippen LogP contribution in [0.5, 0.6) is 0 Å². The van der Waals surface area contributed by atoms with Crippen LogP contribution in [0.15, 0.2) is 23.1 Å². The first kappa shape index (κ1) is 22.8. The Hall–Kier alpha value is -2.90. The maximum Gasteiger partial charge on any atom is 0.263 e. The lowest BCUT2D eigenvalue weighted by Crippen LogP contribution is -2.42. The summed E-state index contributed by atoms with van der Waals surface area (Å²) in [7, 11) is 1.90. The highest BCUT2D eigenvalue weighted by molar-refractivity contribution is 5.94. The number of hydrogen-bond donors (Lipinski definition) is 2. The Kier molecular flexibility index (Phi) is 7.30. The molecular weight excluding hydrogens is 394 g/mol. The molecule has 0 radical (unpaired) electrons. The van der Waals surface area contributed by atoms with Crippen molar-refractivity contribution < 1.29 is 9.59 Å². The summed E-state index contributed by atoms with van der Waals surface area (Å²) in [5.41, 5.74) is 2.78. The van der Waals surface area contributed by atoms with Gasteiger partial charge in [-0.2, -0.15) is 5.10 Å². The summed E-state index contributed by atoms with van der Waals surface area (Å²) in [4.78, 5) is 37.9. The van der Waals surface area contributed by atoms with Gasteiger partial charge in [0.15, 0.2) is 0 Å². The molecule has 3 rings (SSSR count). The fourth-order valence-electron chi connectivity index (χ4n) is 4.29. The van der Waals surface area contributed by atoms with Crippen LogP contribution < -0.4 is 16.2 Å². The fourth-order valence-corrected chi connectivity index (χ4v) is 4.29. The first-order valence-electron chi connectivity index (χ1n) is 11.0. The van der Waals surface area contributed by atoms with E-state index in [0.717, 1.165) is 42.6 Å². The van der Waals surface area contributed by atoms with Crippen LogP contribution in [-0.4, -0.2) is 38.2 Å². The van der Waals surface area contributed by atoms with Crippen molar-refractivity contribution in [2.75, 3.05) is 0 Å². The lowest BCUT2D eigenvalue weighted by atomic mass is 9.95. The molecule has 0 aromatic carbocycles. The van der Waals surface area contributed by atoms with E-state index in [9.17, 15) is 14.4 Å². The quantitative estimate of drug-likeness (QED) is 0.706. The van der Waals surface area contributed by atoms with Crippen LogP contribution in [0.1, 0.15) is 66.3 Å². The number of aromatic nitrogens is 3. The number of carbonyl (C=O) groups is 2. The van der Waals surface area contributed by atoms with Gasteiger partial charge < -0.3 is 15.2 Å². The van der Waals surface area contributed by atoms with Crippen LogP contribution in [0, 0.1) is 13.8 Å². The van der Waals surface area contributed by atoms with Crippen LogP contribution in [0.3, 0.4) is 0 Å². The highest BCUT2D eigenvalue weighted by Crippen LogP contribution is 2.17. The molecule has 8 heteroatoms. The summed E-state index contributed by atoms with van der Waals surface area (Å²) >= 11 is 0. The van der Waals surface area contributed by atoms with E-state index in [1.165, 1.54) is 17.1 Å². The van der Waals surface area contributed by atoms with E-state index < -0.39 is 5.56 Å². The molecule has 0 bridgehead atoms. The zero-order valence-electron chi connectivity index (χ0n) is 18.9. The number of rotatable bonds is 7. The van der Waals surface area contributed by atoms with Gasteiger partial charge in [-0.25, -0.2) is 0 Å². The van der Waals surface area contributed by atoms with E-state index in [1.54, 1.807) is 12.3 Å². The van der Waals surface area contributed by atoms with Crippen LogP contribution >= 0.6 is 0 Å². The molecule has 31 heavy (non-hydrogen) atoms. The van der Waals surface area contributed by atoms with Gasteiger partial charge in [0.05, 0.1) is 5.69 Å². The molecule has 1 aliphatic carbocycles. The summed E-state index contributed by atoms with van der Waals surface area (Å²) in [5.74, 6) is -0.624. The second kappa shape index (κ2) is 9.94. The van der Waals surface area contributed by atoms with Gasteiger partial charge in [0.2, 0.25) is 5.91 Å². The smallest absolute Gasteiger partial charge is 0.263 e. The predicted octanol–water partition coefficient (Wildman–Crippen LogP) is 2.01. The largest absolute Gasteiger partial charge is 0.352 e. The van der Waals surface area contributed by atoms with Crippen molar-refractivity contribution in [3.63, 3.8) is 0 Å². The number of pyridine rings is 1. The predicted molar refractivity (Wildman–Crippen MR) is 119 cm³/mol. The molecule has 168 valence electrons. The van der Waals surface area contributed by atoms with E-state index in [0.29, 0.717) is 6.42 Å². The summed E-state index contributed by atoms with van der Waals surface area (Å²) in [6.45, 7) is 5.77. The van der Waals surface area contributed by atoms with E-state index >= 15 is 0 Å². The lowest BCUT2D eigenvalue weighted by Gasteiger charge is -2.22. The van der Waals surface area contributed by atoms with Gasteiger partial charge in [0, 0.05) is 31.0 Å². The van der Waals surface area contributed by atoms with Gasteiger partial charge in [-0.3, -0.25) is 19.1 Å². The maximum absolute atomic E-state index is 12.8. The Bertz CT molecular complexity index is 1000. The number of aryl methyl sites for hydroxylation is 2. The van der Waals surface area contributed by atoms with Gasteiger partial charge >= 0.3 is 0 Å². The van der Waals surface area contributed by atoms with Gasteiger partial charge in [-0.05, 0) is 57.7 Å². The minimum atomic E-state index is -0.447. The van der Waals surface area contributed by atoms with Crippen molar-refractivity contribution in [3.8, 4) is 0 Å². The second-order valence-electron chi connectivity index (χ2n) is 8.61. The molecule has 1 unspecified atom stereocenters. The molecule has 0 spiro atoms. The second-order valence-corrected chi connectivity index (χ2v) is 8.61.